The van der Waals surface area contributed by atoms with E-state index in [9.17, 15) is 8.78 Å². The van der Waals surface area contributed by atoms with E-state index in [0.29, 0.717) is 12.8 Å². The molecule has 0 aliphatic carbocycles. The van der Waals surface area contributed by atoms with Crippen molar-refractivity contribution < 1.29 is 18.6 Å². The lowest BCUT2D eigenvalue weighted by Gasteiger charge is -2.11. The Morgan fingerprint density at radius 3 is 2.48 bits per heavy atom. The van der Waals surface area contributed by atoms with Gasteiger partial charge >= 0.3 is 0 Å². The van der Waals surface area contributed by atoms with Crippen LogP contribution >= 0.6 is 11.3 Å². The Balaban J connectivity index is 1.74. The molecule has 0 atom stereocenters. The lowest BCUT2D eigenvalue weighted by Crippen LogP contribution is -2.02. The van der Waals surface area contributed by atoms with Gasteiger partial charge in [0, 0.05) is 11.5 Å². The van der Waals surface area contributed by atoms with E-state index < -0.39 is 11.6 Å². The number of aryl methyl sites for hydroxylation is 2. The first-order chi connectivity index (χ1) is 13.1. The second kappa shape index (κ2) is 9.11. The zero-order valence-corrected chi connectivity index (χ0v) is 16.0. The smallest absolute Gasteiger partial charge is 0.200 e. The first-order valence-corrected chi connectivity index (χ1v) is 9.88. The number of thiophene rings is 1. The summed E-state index contributed by atoms with van der Waals surface area (Å²) in [6, 6.07) is 13.3. The van der Waals surface area contributed by atoms with Crippen molar-refractivity contribution >= 4 is 11.3 Å². The standard InChI is InChI=1S/C22H22F2O2S/c1-2-15-5-7-16(8-6-15)18-11-13-27-20(18)14-26-19-10-9-17(4-3-12-25)21(23)22(19)24/h5-11,13,25H,2-4,12,14H2,1H3. The molecule has 1 heterocycles. The maximum atomic E-state index is 14.3. The summed E-state index contributed by atoms with van der Waals surface area (Å²) in [7, 11) is 0. The number of ether oxygens (including phenoxy) is 1. The minimum Gasteiger partial charge on any atom is -0.485 e. The van der Waals surface area contributed by atoms with Gasteiger partial charge in [0.1, 0.15) is 6.61 Å². The highest BCUT2D eigenvalue weighted by molar-refractivity contribution is 7.10. The molecular formula is C22H22F2O2S. The maximum absolute atomic E-state index is 14.3. The van der Waals surface area contributed by atoms with Crippen LogP contribution in [-0.2, 0) is 19.4 Å². The fourth-order valence-corrected chi connectivity index (χ4v) is 3.73. The van der Waals surface area contributed by atoms with Gasteiger partial charge < -0.3 is 9.84 Å². The van der Waals surface area contributed by atoms with Crippen LogP contribution in [0.2, 0.25) is 0 Å². The van der Waals surface area contributed by atoms with Gasteiger partial charge in [0.2, 0.25) is 5.82 Å². The Bertz CT molecular complexity index is 888. The summed E-state index contributed by atoms with van der Waals surface area (Å²) in [4.78, 5) is 0.961. The predicted octanol–water partition coefficient (Wildman–Crippen LogP) is 5.76. The van der Waals surface area contributed by atoms with Gasteiger partial charge in [-0.3, -0.25) is 0 Å². The van der Waals surface area contributed by atoms with Crippen LogP contribution in [0.25, 0.3) is 11.1 Å². The molecular weight excluding hydrogens is 366 g/mol. The van der Waals surface area contributed by atoms with Crippen LogP contribution in [0.15, 0.2) is 47.8 Å². The van der Waals surface area contributed by atoms with Crippen molar-refractivity contribution in [1.82, 2.24) is 0 Å². The highest BCUT2D eigenvalue weighted by Crippen LogP contribution is 2.31. The minimum atomic E-state index is -0.976. The normalized spacial score (nSPS) is 11.0. The molecule has 0 unspecified atom stereocenters. The Labute approximate surface area is 162 Å². The summed E-state index contributed by atoms with van der Waals surface area (Å²) >= 11 is 1.53. The number of hydrogen-bond acceptors (Lipinski definition) is 3. The molecule has 0 radical (unpaired) electrons. The van der Waals surface area contributed by atoms with Gasteiger partial charge in [0.05, 0.1) is 0 Å². The summed E-state index contributed by atoms with van der Waals surface area (Å²) in [6.45, 7) is 2.23. The molecule has 0 spiro atoms. The quantitative estimate of drug-likeness (QED) is 0.532. The third-order valence-corrected chi connectivity index (χ3v) is 5.40. The van der Waals surface area contributed by atoms with Crippen molar-refractivity contribution in [2.45, 2.75) is 32.8 Å². The molecule has 5 heteroatoms. The Morgan fingerprint density at radius 1 is 1.00 bits per heavy atom. The average molecular weight is 388 g/mol. The molecule has 27 heavy (non-hydrogen) atoms. The summed E-state index contributed by atoms with van der Waals surface area (Å²) in [5.74, 6) is -1.97. The fourth-order valence-electron chi connectivity index (χ4n) is 2.92. The van der Waals surface area contributed by atoms with Crippen LogP contribution < -0.4 is 4.74 Å². The molecule has 0 saturated carbocycles. The summed E-state index contributed by atoms with van der Waals surface area (Å²) in [5, 5.41) is 10.8. The number of aliphatic hydroxyl groups is 1. The molecule has 1 aromatic heterocycles. The van der Waals surface area contributed by atoms with Crippen molar-refractivity contribution in [2.75, 3.05) is 6.61 Å². The van der Waals surface area contributed by atoms with Crippen molar-refractivity contribution in [1.29, 1.82) is 0 Å². The molecule has 1 N–H and O–H groups in total. The number of halogens is 2. The van der Waals surface area contributed by atoms with Crippen LogP contribution in [0.1, 0.15) is 29.3 Å². The van der Waals surface area contributed by atoms with E-state index in [1.165, 1.54) is 29.0 Å². The lowest BCUT2D eigenvalue weighted by molar-refractivity contribution is 0.283. The summed E-state index contributed by atoms with van der Waals surface area (Å²) < 4.78 is 34.0. The SMILES string of the molecule is CCc1ccc(-c2ccsc2COc2ccc(CCCO)c(F)c2F)cc1. The minimum absolute atomic E-state index is 0.0559. The van der Waals surface area contributed by atoms with Gasteiger partial charge in [-0.05, 0) is 59.0 Å². The van der Waals surface area contributed by atoms with Gasteiger partial charge in [-0.1, -0.05) is 37.3 Å². The van der Waals surface area contributed by atoms with E-state index in [1.807, 2.05) is 11.4 Å². The zero-order chi connectivity index (χ0) is 19.2. The van der Waals surface area contributed by atoms with Crippen LogP contribution in [-0.4, -0.2) is 11.7 Å². The highest BCUT2D eigenvalue weighted by atomic mass is 32.1. The number of benzene rings is 2. The summed E-state index contributed by atoms with van der Waals surface area (Å²) in [6.07, 6.45) is 1.67. The molecule has 3 rings (SSSR count). The molecule has 0 fully saturated rings. The van der Waals surface area contributed by atoms with Gasteiger partial charge in [-0.25, -0.2) is 4.39 Å². The largest absolute Gasteiger partial charge is 0.485 e. The third-order valence-electron chi connectivity index (χ3n) is 4.51. The molecule has 0 amide bonds. The van der Waals surface area contributed by atoms with Crippen molar-refractivity contribution in [3.05, 3.63) is 75.5 Å². The van der Waals surface area contributed by atoms with E-state index >= 15 is 0 Å². The van der Waals surface area contributed by atoms with Crippen LogP contribution in [0.4, 0.5) is 8.78 Å². The molecule has 2 nitrogen and oxygen atoms in total. The first-order valence-electron chi connectivity index (χ1n) is 9.00. The topological polar surface area (TPSA) is 29.5 Å². The monoisotopic (exact) mass is 388 g/mol. The number of rotatable bonds is 8. The highest BCUT2D eigenvalue weighted by Gasteiger charge is 2.15. The Hall–Kier alpha value is -2.24. The van der Waals surface area contributed by atoms with Crippen LogP contribution in [0.5, 0.6) is 5.75 Å². The molecule has 142 valence electrons. The van der Waals surface area contributed by atoms with Crippen molar-refractivity contribution in [3.63, 3.8) is 0 Å². The number of aliphatic hydroxyl groups excluding tert-OH is 1. The van der Waals surface area contributed by atoms with E-state index in [-0.39, 0.29) is 24.5 Å². The van der Waals surface area contributed by atoms with Crippen molar-refractivity contribution in [2.24, 2.45) is 0 Å². The molecule has 3 aromatic rings. The molecule has 0 saturated heterocycles. The molecule has 0 aliphatic heterocycles. The second-order valence-corrected chi connectivity index (χ2v) is 7.28. The third kappa shape index (κ3) is 4.54. The van der Waals surface area contributed by atoms with Crippen molar-refractivity contribution in [3.8, 4) is 16.9 Å². The van der Waals surface area contributed by atoms with E-state index in [1.54, 1.807) is 0 Å². The predicted molar refractivity (Wildman–Crippen MR) is 105 cm³/mol. The van der Waals surface area contributed by atoms with E-state index in [2.05, 4.69) is 31.2 Å². The molecule has 2 aromatic carbocycles. The number of hydrogen-bond donors (Lipinski definition) is 1. The van der Waals surface area contributed by atoms with Crippen LogP contribution in [0.3, 0.4) is 0 Å². The van der Waals surface area contributed by atoms with Crippen LogP contribution in [0, 0.1) is 11.6 Å². The average Bonchev–Trinajstić information content (AvgIpc) is 3.17. The van der Waals surface area contributed by atoms with Gasteiger partial charge in [-0.15, -0.1) is 11.3 Å². The van der Waals surface area contributed by atoms with E-state index in [0.717, 1.165) is 22.4 Å². The maximum Gasteiger partial charge on any atom is 0.200 e. The molecule has 0 aliphatic rings. The van der Waals surface area contributed by atoms with E-state index in [4.69, 9.17) is 9.84 Å². The van der Waals surface area contributed by atoms with Gasteiger partial charge in [-0.2, -0.15) is 4.39 Å². The Kier molecular flexibility index (Phi) is 6.58. The van der Waals surface area contributed by atoms with Gasteiger partial charge in [0.25, 0.3) is 0 Å². The Morgan fingerprint density at radius 2 is 1.78 bits per heavy atom. The van der Waals surface area contributed by atoms with Gasteiger partial charge in [0.15, 0.2) is 11.6 Å². The molecule has 0 bridgehead atoms. The second-order valence-electron chi connectivity index (χ2n) is 6.27. The summed E-state index contributed by atoms with van der Waals surface area (Å²) in [5.41, 5.74) is 3.65. The lowest BCUT2D eigenvalue weighted by atomic mass is 10.0. The fraction of sp³-hybridized carbons (Fsp3) is 0.273. The first kappa shape index (κ1) is 19.5. The zero-order valence-electron chi connectivity index (χ0n) is 15.2.